The Labute approximate surface area is 207 Å². The van der Waals surface area contributed by atoms with Crippen LogP contribution >= 0.6 is 23.2 Å². The second-order valence-corrected chi connectivity index (χ2v) is 10.7. The number of carbonyl (C=O) groups is 2. The van der Waals surface area contributed by atoms with Crippen molar-refractivity contribution in [3.63, 3.8) is 0 Å². The third-order valence-corrected chi connectivity index (χ3v) is 7.10. The lowest BCUT2D eigenvalue weighted by Crippen LogP contribution is -2.37. The summed E-state index contributed by atoms with van der Waals surface area (Å²) in [5.41, 5.74) is 2.45. The minimum atomic E-state index is -1.12. The number of halogens is 2. The van der Waals surface area contributed by atoms with Gasteiger partial charge in [0.1, 0.15) is 11.8 Å². The molecular weight excluding hydrogens is 477 g/mol. The van der Waals surface area contributed by atoms with Gasteiger partial charge in [0.25, 0.3) is 0 Å². The summed E-state index contributed by atoms with van der Waals surface area (Å²) in [6.45, 7) is 6.07. The van der Waals surface area contributed by atoms with E-state index in [2.05, 4.69) is 5.10 Å². The van der Waals surface area contributed by atoms with Crippen LogP contribution in [-0.4, -0.2) is 38.3 Å². The van der Waals surface area contributed by atoms with Crippen molar-refractivity contribution in [3.05, 3.63) is 40.3 Å². The maximum absolute atomic E-state index is 13.2. The lowest BCUT2D eigenvalue weighted by molar-refractivity contribution is -0.161. The van der Waals surface area contributed by atoms with E-state index in [0.717, 1.165) is 48.1 Å². The van der Waals surface area contributed by atoms with Gasteiger partial charge >= 0.3 is 5.97 Å². The highest BCUT2D eigenvalue weighted by Gasteiger charge is 2.40. The minimum Gasteiger partial charge on any atom is -0.458 e. The molecule has 1 saturated heterocycles. The molecule has 0 N–H and O–H groups in total. The van der Waals surface area contributed by atoms with Crippen molar-refractivity contribution in [3.8, 4) is 11.1 Å². The summed E-state index contributed by atoms with van der Waals surface area (Å²) in [6, 6.07) is 2.50. The molecule has 0 spiro atoms. The number of ether oxygens (including phenoxy) is 2. The molecule has 2 aliphatic rings. The van der Waals surface area contributed by atoms with Crippen molar-refractivity contribution in [2.45, 2.75) is 70.7 Å². The molecule has 0 saturated carbocycles. The average molecular weight is 504 g/mol. The fourth-order valence-electron chi connectivity index (χ4n) is 4.91. The van der Waals surface area contributed by atoms with Crippen molar-refractivity contribution in [2.75, 3.05) is 6.61 Å². The maximum atomic E-state index is 13.2. The van der Waals surface area contributed by atoms with E-state index in [9.17, 15) is 9.59 Å². The number of carbonyl (C=O) groups excluding carboxylic acids is 2. The minimum absolute atomic E-state index is 0.0960. The topological polar surface area (TPSA) is 75.3 Å². The van der Waals surface area contributed by atoms with Crippen LogP contribution in [0.15, 0.2) is 24.5 Å². The molecule has 2 aromatic heterocycles. The van der Waals surface area contributed by atoms with Gasteiger partial charge in [0, 0.05) is 41.4 Å². The van der Waals surface area contributed by atoms with Crippen LogP contribution in [0.1, 0.15) is 64.4 Å². The number of aromatic nitrogens is 3. The van der Waals surface area contributed by atoms with E-state index in [1.54, 1.807) is 37.6 Å². The van der Waals surface area contributed by atoms with Gasteiger partial charge in [-0.25, -0.2) is 9.48 Å². The summed E-state index contributed by atoms with van der Waals surface area (Å²) in [5, 5.41) is 6.05. The molecule has 1 fully saturated rings. The highest BCUT2D eigenvalue weighted by molar-refractivity contribution is 6.45. The van der Waals surface area contributed by atoms with Gasteiger partial charge in [-0.2, -0.15) is 5.10 Å². The first-order valence-electron chi connectivity index (χ1n) is 11.6. The molecule has 4 heterocycles. The molecular formula is C25H27Cl2N3O4. The molecule has 0 aliphatic carbocycles. The fourth-order valence-corrected chi connectivity index (χ4v) is 5.32. The standard InChI is InChI=1S/C25H27Cl2N3O4/c1-25(2,3)34-24(32)23-18(31)10-9-17-20(15-7-8-16(26)21(27)22(15)30(17)23)14-12-28-29(13-14)19-6-4-5-11-33-19/h7-8,12-13,19,23H,4-6,9-11H2,1-3H3. The lowest BCUT2D eigenvalue weighted by atomic mass is 9.97. The predicted octanol–water partition coefficient (Wildman–Crippen LogP) is 5.91. The number of benzene rings is 1. The maximum Gasteiger partial charge on any atom is 0.337 e. The number of fused-ring (bicyclic) bond motifs is 3. The Morgan fingerprint density at radius 1 is 1.21 bits per heavy atom. The van der Waals surface area contributed by atoms with Crippen LogP contribution in [0.4, 0.5) is 0 Å². The zero-order chi connectivity index (χ0) is 24.2. The van der Waals surface area contributed by atoms with Crippen molar-refractivity contribution in [1.29, 1.82) is 0 Å². The Kier molecular flexibility index (Phi) is 5.99. The van der Waals surface area contributed by atoms with Crippen LogP contribution in [0.25, 0.3) is 22.0 Å². The Hall–Kier alpha value is -2.35. The summed E-state index contributed by atoms with van der Waals surface area (Å²) in [4.78, 5) is 26.3. The number of rotatable bonds is 3. The van der Waals surface area contributed by atoms with Crippen LogP contribution in [0, 0.1) is 0 Å². The van der Waals surface area contributed by atoms with Crippen LogP contribution in [0.3, 0.4) is 0 Å². The van der Waals surface area contributed by atoms with Crippen LogP contribution in [0.2, 0.25) is 10.0 Å². The van der Waals surface area contributed by atoms with E-state index in [-0.39, 0.29) is 18.4 Å². The van der Waals surface area contributed by atoms with E-state index < -0.39 is 17.6 Å². The van der Waals surface area contributed by atoms with Crippen LogP contribution in [-0.2, 0) is 25.5 Å². The number of hydrogen-bond donors (Lipinski definition) is 0. The second-order valence-electron chi connectivity index (χ2n) is 9.88. The van der Waals surface area contributed by atoms with Gasteiger partial charge in [0.2, 0.25) is 0 Å². The van der Waals surface area contributed by atoms with Crippen molar-refractivity contribution in [1.82, 2.24) is 14.3 Å². The molecule has 2 aliphatic heterocycles. The van der Waals surface area contributed by atoms with E-state index >= 15 is 0 Å². The predicted molar refractivity (Wildman–Crippen MR) is 130 cm³/mol. The van der Waals surface area contributed by atoms with Crippen molar-refractivity contribution < 1.29 is 19.1 Å². The molecule has 0 bridgehead atoms. The first kappa shape index (κ1) is 23.4. The zero-order valence-electron chi connectivity index (χ0n) is 19.4. The van der Waals surface area contributed by atoms with Crippen LogP contribution < -0.4 is 0 Å². The number of ketones is 1. The number of hydrogen-bond acceptors (Lipinski definition) is 5. The Morgan fingerprint density at radius 2 is 2.00 bits per heavy atom. The summed E-state index contributed by atoms with van der Waals surface area (Å²) < 4.78 is 15.1. The quantitative estimate of drug-likeness (QED) is 0.328. The molecule has 2 unspecified atom stereocenters. The summed E-state index contributed by atoms with van der Waals surface area (Å²) in [7, 11) is 0. The largest absolute Gasteiger partial charge is 0.458 e. The molecule has 34 heavy (non-hydrogen) atoms. The highest BCUT2D eigenvalue weighted by Crippen LogP contribution is 2.45. The fraction of sp³-hybridized carbons (Fsp3) is 0.480. The molecule has 2 atom stereocenters. The molecule has 0 radical (unpaired) electrons. The summed E-state index contributed by atoms with van der Waals surface area (Å²) >= 11 is 13.1. The number of esters is 1. The van der Waals surface area contributed by atoms with Gasteiger partial charge in [-0.1, -0.05) is 29.3 Å². The third-order valence-electron chi connectivity index (χ3n) is 6.30. The first-order chi connectivity index (χ1) is 16.2. The van der Waals surface area contributed by atoms with Gasteiger partial charge in [0.15, 0.2) is 11.8 Å². The molecule has 180 valence electrons. The van der Waals surface area contributed by atoms with E-state index in [1.165, 1.54) is 0 Å². The lowest BCUT2D eigenvalue weighted by Gasteiger charge is -2.28. The van der Waals surface area contributed by atoms with Crippen LogP contribution in [0.5, 0.6) is 0 Å². The molecule has 1 aromatic carbocycles. The molecule has 9 heteroatoms. The van der Waals surface area contributed by atoms with Gasteiger partial charge < -0.3 is 14.0 Å². The third kappa shape index (κ3) is 4.04. The average Bonchev–Trinajstić information content (AvgIpc) is 3.38. The van der Waals surface area contributed by atoms with Gasteiger partial charge in [-0.3, -0.25) is 4.79 Å². The zero-order valence-corrected chi connectivity index (χ0v) is 20.9. The number of Topliss-reactive ketones (excluding diaryl/α,β-unsaturated/α-hetero) is 1. The van der Waals surface area contributed by atoms with Crippen molar-refractivity contribution in [2.24, 2.45) is 0 Å². The summed E-state index contributed by atoms with van der Waals surface area (Å²) in [6.07, 6.45) is 7.44. The Morgan fingerprint density at radius 3 is 2.71 bits per heavy atom. The van der Waals surface area contributed by atoms with Gasteiger partial charge in [-0.15, -0.1) is 0 Å². The second kappa shape index (κ2) is 8.70. The molecule has 7 nitrogen and oxygen atoms in total. The van der Waals surface area contributed by atoms with Crippen molar-refractivity contribution >= 4 is 45.9 Å². The molecule has 3 aromatic rings. The first-order valence-corrected chi connectivity index (χ1v) is 12.3. The van der Waals surface area contributed by atoms with E-state index in [4.69, 9.17) is 32.7 Å². The summed E-state index contributed by atoms with van der Waals surface area (Å²) in [5.74, 6) is -0.795. The SMILES string of the molecule is CC(C)(C)OC(=O)C1C(=O)CCc2c(-c3cnn(C4CCCCO4)c3)c3ccc(Cl)c(Cl)c3n21. The Balaban J connectivity index is 1.70. The normalized spacial score (nSPS) is 21.0. The number of nitrogens with zero attached hydrogens (tertiary/aromatic N) is 3. The van der Waals surface area contributed by atoms with Gasteiger partial charge in [-0.05, 0) is 52.5 Å². The Bertz CT molecular complexity index is 1280. The molecule has 5 rings (SSSR count). The highest BCUT2D eigenvalue weighted by atomic mass is 35.5. The monoisotopic (exact) mass is 503 g/mol. The van der Waals surface area contributed by atoms with Gasteiger partial charge in [0.05, 0.1) is 21.8 Å². The molecule has 0 amide bonds. The van der Waals surface area contributed by atoms with E-state index in [0.29, 0.717) is 22.0 Å². The smallest absolute Gasteiger partial charge is 0.337 e. The van der Waals surface area contributed by atoms with E-state index in [1.807, 2.05) is 16.9 Å².